The van der Waals surface area contributed by atoms with Gasteiger partial charge in [0, 0.05) is 5.02 Å². The molecule has 0 saturated carbocycles. The fourth-order valence-electron chi connectivity index (χ4n) is 3.38. The van der Waals surface area contributed by atoms with Crippen LogP contribution in [-0.4, -0.2) is 42.8 Å². The highest BCUT2D eigenvalue weighted by Crippen LogP contribution is 2.30. The van der Waals surface area contributed by atoms with Crippen molar-refractivity contribution in [2.24, 2.45) is 0 Å². The van der Waals surface area contributed by atoms with Gasteiger partial charge in [-0.15, -0.1) is 5.10 Å². The number of sulfone groups is 1. The van der Waals surface area contributed by atoms with Gasteiger partial charge in [0.15, 0.2) is 0 Å². The van der Waals surface area contributed by atoms with Gasteiger partial charge >= 0.3 is 0 Å². The molecule has 3 N–H and O–H groups in total. The number of nitrogens with two attached hydrogens (primary N) is 1. The summed E-state index contributed by atoms with van der Waals surface area (Å²) in [4.78, 5) is 12.6. The Hall–Kier alpha value is -4.03. The normalized spacial score (nSPS) is 11.7. The van der Waals surface area contributed by atoms with Crippen molar-refractivity contribution < 1.29 is 8.42 Å². The minimum absolute atomic E-state index is 0.0931. The molecule has 0 aliphatic carbocycles. The molecule has 0 atom stereocenters. The van der Waals surface area contributed by atoms with Crippen molar-refractivity contribution >= 4 is 44.7 Å². The van der Waals surface area contributed by atoms with Gasteiger partial charge in [-0.3, -0.25) is 0 Å². The Balaban J connectivity index is 1.60. The molecule has 0 spiro atoms. The molecule has 0 amide bonds. The summed E-state index contributed by atoms with van der Waals surface area (Å²) >= 11 is 6.17. The Morgan fingerprint density at radius 1 is 1.09 bits per heavy atom. The number of benzene rings is 2. The second-order valence-corrected chi connectivity index (χ2v) is 9.32. The molecule has 33 heavy (non-hydrogen) atoms. The Morgan fingerprint density at radius 3 is 2.61 bits per heavy atom. The fourth-order valence-corrected chi connectivity index (χ4v) is 5.10. The Bertz CT molecular complexity index is 1580. The van der Waals surface area contributed by atoms with Crippen LogP contribution in [0.3, 0.4) is 0 Å². The van der Waals surface area contributed by atoms with Gasteiger partial charge in [0.1, 0.15) is 23.4 Å². The number of aromatic nitrogens is 7. The molecule has 11 nitrogen and oxygen atoms in total. The number of rotatable bonds is 5. The zero-order valence-electron chi connectivity index (χ0n) is 17.1. The summed E-state index contributed by atoms with van der Waals surface area (Å²) in [5.41, 5.74) is 7.67. The molecule has 0 saturated heterocycles. The molecular formula is C20H16ClN9O2S. The van der Waals surface area contributed by atoms with Crippen molar-refractivity contribution in [2.75, 3.05) is 11.1 Å². The van der Waals surface area contributed by atoms with Gasteiger partial charge in [0.05, 0.1) is 22.0 Å². The largest absolute Gasteiger partial charge is 0.382 e. The molecule has 3 aromatic heterocycles. The van der Waals surface area contributed by atoms with E-state index in [1.807, 2.05) is 0 Å². The van der Waals surface area contributed by atoms with E-state index in [2.05, 4.69) is 30.5 Å². The SMILES string of the molecule is Cc1nc2nc(Nc3cc(Cl)ccc3-n3cncn3)nn2c(N)c1S(=O)(=O)c1ccccc1. The maximum absolute atomic E-state index is 13.2. The fraction of sp³-hybridized carbons (Fsp3) is 0.0500. The molecule has 166 valence electrons. The van der Waals surface area contributed by atoms with Crippen molar-refractivity contribution in [2.45, 2.75) is 16.7 Å². The number of fused-ring (bicyclic) bond motifs is 1. The van der Waals surface area contributed by atoms with Crippen LogP contribution in [0, 0.1) is 6.92 Å². The van der Waals surface area contributed by atoms with E-state index < -0.39 is 9.84 Å². The lowest BCUT2D eigenvalue weighted by Crippen LogP contribution is -2.13. The molecule has 0 aliphatic rings. The topological polar surface area (TPSA) is 146 Å². The quantitative estimate of drug-likeness (QED) is 0.386. The summed E-state index contributed by atoms with van der Waals surface area (Å²) in [6, 6.07) is 13.2. The number of hydrogen-bond donors (Lipinski definition) is 2. The Morgan fingerprint density at radius 2 is 1.88 bits per heavy atom. The van der Waals surface area contributed by atoms with Crippen molar-refractivity contribution in [3.05, 3.63) is 71.9 Å². The summed E-state index contributed by atoms with van der Waals surface area (Å²) in [6.45, 7) is 1.56. The molecule has 5 rings (SSSR count). The second kappa shape index (κ2) is 7.83. The van der Waals surface area contributed by atoms with Crippen LogP contribution >= 0.6 is 11.6 Å². The first-order chi connectivity index (χ1) is 15.8. The molecule has 3 heterocycles. The number of nitrogens with zero attached hydrogens (tertiary/aromatic N) is 7. The first kappa shape index (κ1) is 20.8. The number of anilines is 3. The molecule has 2 aromatic carbocycles. The van der Waals surface area contributed by atoms with Gasteiger partial charge in [-0.05, 0) is 37.3 Å². The van der Waals surface area contributed by atoms with E-state index in [1.54, 1.807) is 48.0 Å². The van der Waals surface area contributed by atoms with E-state index >= 15 is 0 Å². The second-order valence-electron chi connectivity index (χ2n) is 7.00. The van der Waals surface area contributed by atoms with Crippen molar-refractivity contribution in [3.8, 4) is 5.69 Å². The van der Waals surface area contributed by atoms with E-state index in [9.17, 15) is 8.42 Å². The van der Waals surface area contributed by atoms with Crippen molar-refractivity contribution in [3.63, 3.8) is 0 Å². The summed E-state index contributed by atoms with van der Waals surface area (Å²) in [5.74, 6) is 0.194. The minimum Gasteiger partial charge on any atom is -0.382 e. The van der Waals surface area contributed by atoms with Crippen LogP contribution < -0.4 is 11.1 Å². The average molecular weight is 482 g/mol. The summed E-state index contributed by atoms with van der Waals surface area (Å²) in [5, 5.41) is 12.0. The number of nitrogen functional groups attached to an aromatic ring is 1. The van der Waals surface area contributed by atoms with E-state index in [-0.39, 0.29) is 33.0 Å². The van der Waals surface area contributed by atoms with Gasteiger partial charge in [-0.2, -0.15) is 14.6 Å². The van der Waals surface area contributed by atoms with Crippen molar-refractivity contribution in [1.29, 1.82) is 0 Å². The van der Waals surface area contributed by atoms with Crippen molar-refractivity contribution in [1.82, 2.24) is 34.3 Å². The van der Waals surface area contributed by atoms with E-state index in [4.69, 9.17) is 17.3 Å². The van der Waals surface area contributed by atoms with E-state index in [0.717, 1.165) is 0 Å². The lowest BCUT2D eigenvalue weighted by molar-refractivity contribution is 0.594. The van der Waals surface area contributed by atoms with Crippen LogP contribution in [0.2, 0.25) is 5.02 Å². The zero-order chi connectivity index (χ0) is 23.2. The van der Waals surface area contributed by atoms with Crippen LogP contribution in [-0.2, 0) is 9.84 Å². The first-order valence-electron chi connectivity index (χ1n) is 9.59. The molecular weight excluding hydrogens is 466 g/mol. The molecule has 0 unspecified atom stereocenters. The van der Waals surface area contributed by atoms with Gasteiger partial charge in [0.2, 0.25) is 15.8 Å². The molecule has 0 radical (unpaired) electrons. The number of aryl methyl sites for hydroxylation is 1. The lowest BCUT2D eigenvalue weighted by Gasteiger charge is -2.10. The Labute approximate surface area is 192 Å². The molecule has 0 fully saturated rings. The number of halogens is 1. The van der Waals surface area contributed by atoms with E-state index in [1.165, 1.54) is 29.3 Å². The van der Waals surface area contributed by atoms with Crippen LogP contribution in [0.4, 0.5) is 17.5 Å². The molecule has 13 heteroatoms. The highest BCUT2D eigenvalue weighted by Gasteiger charge is 2.27. The van der Waals surface area contributed by atoms with Gasteiger partial charge in [-0.1, -0.05) is 29.8 Å². The maximum Gasteiger partial charge on any atom is 0.256 e. The van der Waals surface area contributed by atoms with Crippen LogP contribution in [0.5, 0.6) is 0 Å². The predicted octanol–water partition coefficient (Wildman–Crippen LogP) is 2.83. The smallest absolute Gasteiger partial charge is 0.256 e. The third kappa shape index (κ3) is 3.64. The van der Waals surface area contributed by atoms with Crippen LogP contribution in [0.25, 0.3) is 11.5 Å². The predicted molar refractivity (Wildman–Crippen MR) is 121 cm³/mol. The number of nitrogens with one attached hydrogen (secondary N) is 1. The first-order valence-corrected chi connectivity index (χ1v) is 11.5. The lowest BCUT2D eigenvalue weighted by atomic mass is 10.2. The molecule has 0 aliphatic heterocycles. The third-order valence-corrected chi connectivity index (χ3v) is 7.01. The maximum atomic E-state index is 13.2. The van der Waals surface area contributed by atoms with Gasteiger partial charge < -0.3 is 11.1 Å². The summed E-state index contributed by atoms with van der Waals surface area (Å²) in [7, 11) is -3.92. The van der Waals surface area contributed by atoms with Crippen LogP contribution in [0.15, 0.2) is 71.0 Å². The van der Waals surface area contributed by atoms with Gasteiger partial charge in [0.25, 0.3) is 5.78 Å². The zero-order valence-corrected chi connectivity index (χ0v) is 18.7. The summed E-state index contributed by atoms with van der Waals surface area (Å²) < 4.78 is 29.1. The van der Waals surface area contributed by atoms with E-state index in [0.29, 0.717) is 16.4 Å². The monoisotopic (exact) mass is 481 g/mol. The standard InChI is InChI=1S/C20H16ClN9O2S/c1-12-17(33(31,32)14-5-3-2-4-6-14)18(22)30-20(25-12)27-19(28-30)26-15-9-13(21)7-8-16(15)29-11-23-10-24-29/h2-11H,22H2,1H3,(H,26,28). The highest BCUT2D eigenvalue weighted by molar-refractivity contribution is 7.91. The molecule has 0 bridgehead atoms. The average Bonchev–Trinajstić information content (AvgIpc) is 3.45. The highest BCUT2D eigenvalue weighted by atomic mass is 35.5. The summed E-state index contributed by atoms with van der Waals surface area (Å²) in [6.07, 6.45) is 2.94. The number of hydrogen-bond acceptors (Lipinski definition) is 9. The minimum atomic E-state index is -3.92. The van der Waals surface area contributed by atoms with Gasteiger partial charge in [-0.25, -0.2) is 23.1 Å². The van der Waals surface area contributed by atoms with Crippen LogP contribution in [0.1, 0.15) is 5.69 Å². The third-order valence-electron chi connectivity index (χ3n) is 4.84. The molecule has 5 aromatic rings. The Kier molecular flexibility index (Phi) is 4.95.